The van der Waals surface area contributed by atoms with E-state index in [0.29, 0.717) is 17.3 Å². The molecule has 0 radical (unpaired) electrons. The zero-order chi connectivity index (χ0) is 9.94. The summed E-state index contributed by atoms with van der Waals surface area (Å²) in [6.45, 7) is 15.9. The highest BCUT2D eigenvalue weighted by atomic mass is 14.3. The molecular weight excluding hydrogens is 144 g/mol. The van der Waals surface area contributed by atoms with E-state index in [1.807, 2.05) is 0 Å². The zero-order valence-electron chi connectivity index (χ0n) is 9.73. The van der Waals surface area contributed by atoms with Gasteiger partial charge in [-0.1, -0.05) is 53.2 Å². The van der Waals surface area contributed by atoms with Gasteiger partial charge in [0, 0.05) is 0 Å². The summed E-state index contributed by atoms with van der Waals surface area (Å²) in [4.78, 5) is 0. The highest BCUT2D eigenvalue weighted by Gasteiger charge is 2.20. The van der Waals surface area contributed by atoms with E-state index in [1.165, 1.54) is 5.57 Å². The molecule has 0 aromatic rings. The maximum absolute atomic E-state index is 2.37. The summed E-state index contributed by atoms with van der Waals surface area (Å²) in [5.41, 5.74) is 1.92. The van der Waals surface area contributed by atoms with Crippen LogP contribution in [-0.4, -0.2) is 0 Å². The molecule has 0 spiro atoms. The number of rotatable bonds is 2. The van der Waals surface area contributed by atoms with Gasteiger partial charge < -0.3 is 0 Å². The lowest BCUT2D eigenvalue weighted by atomic mass is 9.77. The second-order valence-electron chi connectivity index (χ2n) is 5.24. The highest BCUT2D eigenvalue weighted by molar-refractivity contribution is 5.06. The highest BCUT2D eigenvalue weighted by Crippen LogP contribution is 2.31. The van der Waals surface area contributed by atoms with E-state index < -0.39 is 0 Å². The van der Waals surface area contributed by atoms with Crippen LogP contribution in [0.25, 0.3) is 0 Å². The molecule has 0 saturated heterocycles. The van der Waals surface area contributed by atoms with E-state index in [-0.39, 0.29) is 0 Å². The molecular formula is C12H24. The average molecular weight is 168 g/mol. The molecule has 0 aliphatic rings. The van der Waals surface area contributed by atoms with Crippen LogP contribution in [0, 0.1) is 17.3 Å². The van der Waals surface area contributed by atoms with Gasteiger partial charge in [-0.2, -0.15) is 0 Å². The summed E-state index contributed by atoms with van der Waals surface area (Å²) >= 11 is 0. The zero-order valence-corrected chi connectivity index (χ0v) is 9.73. The first-order valence-corrected chi connectivity index (χ1v) is 4.93. The van der Waals surface area contributed by atoms with Crippen LogP contribution in [0.3, 0.4) is 0 Å². The lowest BCUT2D eigenvalue weighted by Crippen LogP contribution is -2.18. The molecule has 0 aliphatic heterocycles. The Kier molecular flexibility index (Phi) is 4.02. The fourth-order valence-corrected chi connectivity index (χ4v) is 1.35. The third kappa shape index (κ3) is 3.94. The largest absolute Gasteiger partial charge is 0.0828 e. The number of hydrogen-bond donors (Lipinski definition) is 0. The van der Waals surface area contributed by atoms with Crippen molar-refractivity contribution in [2.24, 2.45) is 17.3 Å². The Morgan fingerprint density at radius 1 is 1.08 bits per heavy atom. The van der Waals surface area contributed by atoms with Crippen molar-refractivity contribution in [1.29, 1.82) is 0 Å². The van der Waals surface area contributed by atoms with Crippen LogP contribution in [0.4, 0.5) is 0 Å². The van der Waals surface area contributed by atoms with Gasteiger partial charge in [0.25, 0.3) is 0 Å². The molecule has 0 amide bonds. The first-order chi connectivity index (χ1) is 5.25. The van der Waals surface area contributed by atoms with Gasteiger partial charge in [0.15, 0.2) is 0 Å². The van der Waals surface area contributed by atoms with Crippen molar-refractivity contribution in [3.05, 3.63) is 11.6 Å². The third-order valence-corrected chi connectivity index (χ3v) is 2.58. The summed E-state index contributed by atoms with van der Waals surface area (Å²) in [6.07, 6.45) is 2.37. The van der Waals surface area contributed by atoms with E-state index in [2.05, 4.69) is 54.5 Å². The monoisotopic (exact) mass is 168 g/mol. The fraction of sp³-hybridized carbons (Fsp3) is 0.833. The van der Waals surface area contributed by atoms with E-state index in [1.54, 1.807) is 0 Å². The Balaban J connectivity index is 4.39. The molecule has 0 heteroatoms. The SMILES string of the molecule is C/C(=C\C(C)C)C(C)C(C)(C)C. The molecule has 0 bridgehead atoms. The third-order valence-electron chi connectivity index (χ3n) is 2.58. The van der Waals surface area contributed by atoms with Crippen LogP contribution in [0.2, 0.25) is 0 Å². The molecule has 1 atom stereocenters. The van der Waals surface area contributed by atoms with Gasteiger partial charge >= 0.3 is 0 Å². The molecule has 0 rings (SSSR count). The maximum Gasteiger partial charge on any atom is -0.0186 e. The van der Waals surface area contributed by atoms with Crippen LogP contribution < -0.4 is 0 Å². The standard InChI is InChI=1S/C12H24/c1-9(2)8-10(3)11(4)12(5,6)7/h8-9,11H,1-7H3/b10-8+. The molecule has 0 aromatic carbocycles. The average Bonchev–Trinajstić information content (AvgIpc) is 1.82. The Bertz CT molecular complexity index is 155. The maximum atomic E-state index is 2.37. The number of hydrogen-bond acceptors (Lipinski definition) is 0. The molecule has 1 unspecified atom stereocenters. The Morgan fingerprint density at radius 2 is 1.50 bits per heavy atom. The predicted molar refractivity (Wildman–Crippen MR) is 57.2 cm³/mol. The van der Waals surface area contributed by atoms with E-state index in [9.17, 15) is 0 Å². The molecule has 0 nitrogen and oxygen atoms in total. The lowest BCUT2D eigenvalue weighted by molar-refractivity contribution is 0.299. The van der Waals surface area contributed by atoms with Crippen LogP contribution in [0.1, 0.15) is 48.5 Å². The molecule has 0 N–H and O–H groups in total. The van der Waals surface area contributed by atoms with Gasteiger partial charge in [-0.25, -0.2) is 0 Å². The van der Waals surface area contributed by atoms with Gasteiger partial charge in [0.2, 0.25) is 0 Å². The van der Waals surface area contributed by atoms with Crippen LogP contribution in [-0.2, 0) is 0 Å². The topological polar surface area (TPSA) is 0 Å². The lowest BCUT2D eigenvalue weighted by Gasteiger charge is -2.28. The van der Waals surface area contributed by atoms with E-state index in [0.717, 1.165) is 0 Å². The Morgan fingerprint density at radius 3 is 1.75 bits per heavy atom. The van der Waals surface area contributed by atoms with Crippen LogP contribution in [0.15, 0.2) is 11.6 Å². The molecule has 0 aliphatic carbocycles. The second-order valence-corrected chi connectivity index (χ2v) is 5.24. The summed E-state index contributed by atoms with van der Waals surface area (Å²) in [5, 5.41) is 0. The molecule has 12 heavy (non-hydrogen) atoms. The minimum absolute atomic E-state index is 0.398. The minimum Gasteiger partial charge on any atom is -0.0828 e. The van der Waals surface area contributed by atoms with Crippen LogP contribution >= 0.6 is 0 Å². The van der Waals surface area contributed by atoms with Crippen molar-refractivity contribution in [3.8, 4) is 0 Å². The summed E-state index contributed by atoms with van der Waals surface area (Å²) in [5.74, 6) is 1.36. The van der Waals surface area contributed by atoms with Crippen molar-refractivity contribution in [3.63, 3.8) is 0 Å². The first-order valence-electron chi connectivity index (χ1n) is 4.93. The minimum atomic E-state index is 0.398. The number of allylic oxidation sites excluding steroid dienone is 2. The van der Waals surface area contributed by atoms with Crippen molar-refractivity contribution >= 4 is 0 Å². The van der Waals surface area contributed by atoms with Crippen molar-refractivity contribution in [2.75, 3.05) is 0 Å². The quantitative estimate of drug-likeness (QED) is 0.540. The van der Waals surface area contributed by atoms with Crippen molar-refractivity contribution in [1.82, 2.24) is 0 Å². The normalized spacial score (nSPS) is 16.8. The molecule has 0 saturated carbocycles. The van der Waals surface area contributed by atoms with Crippen molar-refractivity contribution in [2.45, 2.75) is 48.5 Å². The van der Waals surface area contributed by atoms with Crippen molar-refractivity contribution < 1.29 is 0 Å². The van der Waals surface area contributed by atoms with Gasteiger partial charge in [-0.3, -0.25) is 0 Å². The molecule has 72 valence electrons. The Labute approximate surface area is 78.1 Å². The first kappa shape index (κ1) is 11.7. The fourth-order valence-electron chi connectivity index (χ4n) is 1.35. The summed E-state index contributed by atoms with van der Waals surface area (Å²) < 4.78 is 0. The van der Waals surface area contributed by atoms with Gasteiger partial charge in [0.05, 0.1) is 0 Å². The van der Waals surface area contributed by atoms with Gasteiger partial charge in [0.1, 0.15) is 0 Å². The summed E-state index contributed by atoms with van der Waals surface area (Å²) in [6, 6.07) is 0. The van der Waals surface area contributed by atoms with Crippen LogP contribution in [0.5, 0.6) is 0 Å². The molecule has 0 aromatic heterocycles. The van der Waals surface area contributed by atoms with Gasteiger partial charge in [-0.05, 0) is 24.2 Å². The van der Waals surface area contributed by atoms with Gasteiger partial charge in [-0.15, -0.1) is 0 Å². The second kappa shape index (κ2) is 4.11. The summed E-state index contributed by atoms with van der Waals surface area (Å²) in [7, 11) is 0. The predicted octanol–water partition coefficient (Wildman–Crippen LogP) is 4.27. The van der Waals surface area contributed by atoms with E-state index >= 15 is 0 Å². The smallest absolute Gasteiger partial charge is 0.0186 e. The molecule has 0 fully saturated rings. The Hall–Kier alpha value is -0.260. The molecule has 0 heterocycles. The van der Waals surface area contributed by atoms with E-state index in [4.69, 9.17) is 0 Å².